The van der Waals surface area contributed by atoms with E-state index in [2.05, 4.69) is 0 Å². The first-order chi connectivity index (χ1) is 16.9. The summed E-state index contributed by atoms with van der Waals surface area (Å²) in [6.07, 6.45) is 0. The molecular formula is C18H32N4Na2O16. The van der Waals surface area contributed by atoms with Crippen molar-refractivity contribution in [2.75, 3.05) is 65.4 Å². The Morgan fingerprint density at radius 1 is 0.475 bits per heavy atom. The van der Waals surface area contributed by atoms with E-state index in [-0.39, 0.29) is 78.4 Å². The zero-order chi connectivity index (χ0) is 29.3. The van der Waals surface area contributed by atoms with Gasteiger partial charge in [-0.15, -0.1) is 0 Å². The minimum absolute atomic E-state index is 0. The van der Waals surface area contributed by atoms with Crippen molar-refractivity contribution in [3.63, 3.8) is 0 Å². The fourth-order valence-corrected chi connectivity index (χ4v) is 2.95. The molecule has 20 nitrogen and oxygen atoms in total. The number of carbonyl (C=O) groups excluding carboxylic acids is 1. The van der Waals surface area contributed by atoms with E-state index in [4.69, 9.17) is 35.7 Å². The predicted octanol–water partition coefficient (Wildman–Crippen LogP) is -6.40. The van der Waals surface area contributed by atoms with Crippen molar-refractivity contribution in [3.8, 4) is 0 Å². The molecule has 22 heteroatoms. The van der Waals surface area contributed by atoms with Gasteiger partial charge in [-0.3, -0.25) is 33.5 Å². The van der Waals surface area contributed by atoms with Crippen LogP contribution in [-0.4, -0.2) is 222 Å². The second-order valence-electron chi connectivity index (χ2n) is 7.52. The summed E-state index contributed by atoms with van der Waals surface area (Å²) in [6.45, 7) is -6.02. The molecule has 0 amide bonds. The molecular weight excluding hydrogens is 574 g/mol. The van der Waals surface area contributed by atoms with Crippen LogP contribution in [0.25, 0.3) is 0 Å². The van der Waals surface area contributed by atoms with Crippen LogP contribution in [0.3, 0.4) is 0 Å². The van der Waals surface area contributed by atoms with Crippen molar-refractivity contribution in [3.05, 3.63) is 0 Å². The monoisotopic (exact) mass is 606 g/mol. The fourth-order valence-electron chi connectivity index (χ4n) is 2.95. The van der Waals surface area contributed by atoms with Gasteiger partial charge >= 0.3 is 101 Å². The molecule has 0 aliphatic heterocycles. The molecule has 0 aromatic rings. The number of rotatable bonds is 19. The van der Waals surface area contributed by atoms with Crippen molar-refractivity contribution in [1.82, 2.24) is 16.0 Å². The molecule has 0 aromatic heterocycles. The molecule has 0 aliphatic carbocycles. The Bertz CT molecular complexity index is 750. The Balaban J connectivity index is -0.000000192. The molecule has 0 radical (unpaired) electrons. The van der Waals surface area contributed by atoms with Gasteiger partial charge in [-0.2, -0.15) is 0 Å². The first kappa shape index (κ1) is 47.4. The van der Waals surface area contributed by atoms with Crippen LogP contribution in [0, 0.1) is 0 Å². The van der Waals surface area contributed by atoms with E-state index in [9.17, 15) is 43.5 Å². The number of carboxylic acids is 8. The summed E-state index contributed by atoms with van der Waals surface area (Å²) >= 11 is 0. The van der Waals surface area contributed by atoms with Crippen LogP contribution in [0.5, 0.6) is 0 Å². The van der Waals surface area contributed by atoms with Crippen LogP contribution in [0.1, 0.15) is 0 Å². The summed E-state index contributed by atoms with van der Waals surface area (Å²) in [5.41, 5.74) is 0. The normalized spacial score (nSPS) is 9.95. The van der Waals surface area contributed by atoms with Crippen LogP contribution in [-0.2, 0) is 38.4 Å². The maximum atomic E-state index is 10.6. The molecule has 0 heterocycles. The molecule has 0 unspecified atom stereocenters. The van der Waals surface area contributed by atoms with Crippen molar-refractivity contribution in [2.24, 2.45) is 0 Å². The van der Waals surface area contributed by atoms with Gasteiger partial charge in [0.1, 0.15) is 6.54 Å². The van der Waals surface area contributed by atoms with Crippen molar-refractivity contribution >= 4 is 107 Å². The minimum atomic E-state index is -1.71. The zero-order valence-electron chi connectivity index (χ0n) is 19.9. The molecule has 0 spiro atoms. The van der Waals surface area contributed by atoms with Crippen molar-refractivity contribution in [1.29, 1.82) is 0 Å². The predicted molar refractivity (Wildman–Crippen MR) is 130 cm³/mol. The Hall–Kier alpha value is -2.40. The van der Waals surface area contributed by atoms with E-state index in [1.807, 2.05) is 0 Å². The molecule has 0 aromatic carbocycles. The molecule has 0 aliphatic rings. The van der Waals surface area contributed by atoms with Gasteiger partial charge in [0.05, 0.1) is 32.1 Å². The van der Waals surface area contributed by atoms with E-state index >= 15 is 0 Å². The van der Waals surface area contributed by atoms with E-state index in [1.165, 1.54) is 0 Å². The van der Waals surface area contributed by atoms with E-state index < -0.39 is 105 Å². The van der Waals surface area contributed by atoms with Gasteiger partial charge < -0.3 is 51.8 Å². The number of nitrogens with zero attached hydrogens (tertiary/aromatic N) is 3. The second-order valence-corrected chi connectivity index (χ2v) is 7.52. The number of carbonyl (C=O) groups is 8. The van der Waals surface area contributed by atoms with Gasteiger partial charge in [0.15, 0.2) is 19.6 Å². The summed E-state index contributed by atoms with van der Waals surface area (Å²) in [7, 11) is 0. The third-order valence-corrected chi connectivity index (χ3v) is 4.04. The SMILES string of the molecule is N.O=C(O)CN(CCN(CC(=O)O)CC(=O)O)CC(=O)O.O=C([O-])C[N+](CC(=O)O)(CC(=O)O)CC(=O)O.[NaH].[NaH]. The van der Waals surface area contributed by atoms with Gasteiger partial charge in [-0.25, -0.2) is 14.4 Å². The van der Waals surface area contributed by atoms with Crippen LogP contribution in [0.15, 0.2) is 0 Å². The molecule has 0 saturated carbocycles. The summed E-state index contributed by atoms with van der Waals surface area (Å²) in [4.78, 5) is 86.4. The Morgan fingerprint density at radius 3 is 0.850 bits per heavy atom. The number of aliphatic carboxylic acids is 8. The zero-order valence-corrected chi connectivity index (χ0v) is 19.9. The van der Waals surface area contributed by atoms with Crippen LogP contribution >= 0.6 is 0 Å². The molecule has 0 rings (SSSR count). The summed E-state index contributed by atoms with van der Waals surface area (Å²) in [5.74, 6) is -11.1. The van der Waals surface area contributed by atoms with E-state index in [0.29, 0.717) is 0 Å². The Kier molecular flexibility index (Phi) is 28.9. The number of hydrogen-bond donors (Lipinski definition) is 8. The maximum absolute atomic E-state index is 10.6. The van der Waals surface area contributed by atoms with Gasteiger partial charge in [0.2, 0.25) is 0 Å². The average molecular weight is 606 g/mol. The first-order valence-electron chi connectivity index (χ1n) is 9.89. The fraction of sp³-hybridized carbons (Fsp3) is 0.556. The molecule has 0 fully saturated rings. The average Bonchev–Trinajstić information content (AvgIpc) is 2.61. The number of quaternary nitrogens is 1. The summed E-state index contributed by atoms with van der Waals surface area (Å²) < 4.78 is -1.14. The molecule has 10 N–H and O–H groups in total. The van der Waals surface area contributed by atoms with Gasteiger partial charge in [-0.1, -0.05) is 0 Å². The molecule has 222 valence electrons. The van der Waals surface area contributed by atoms with Crippen LogP contribution in [0.2, 0.25) is 0 Å². The standard InChI is InChI=1S/C10H16N2O8.C8H11NO8.H3N.2Na.2H/c13-7(14)3-11(4-8(15)16)1-2-12(5-9(17)18)6-10(19)20;10-5(11)1-9(2-6(12)13,3-7(14)15)4-8(16)17;;;;;/h1-6H2,(H,13,14)(H,15,16)(H,17,18)(H,19,20);1-4H2,(H3-,10,11,12,13,14,15,16,17);1H3;;;;. The number of hydrogen-bond acceptors (Lipinski definition) is 12. The summed E-state index contributed by atoms with van der Waals surface area (Å²) in [5, 5.41) is 70.6. The van der Waals surface area contributed by atoms with Gasteiger partial charge in [0.25, 0.3) is 0 Å². The Labute approximate surface area is 270 Å². The third-order valence-electron chi connectivity index (χ3n) is 4.04. The summed E-state index contributed by atoms with van der Waals surface area (Å²) in [6, 6.07) is 0. The Morgan fingerprint density at radius 2 is 0.700 bits per heavy atom. The van der Waals surface area contributed by atoms with E-state index in [1.54, 1.807) is 0 Å². The van der Waals surface area contributed by atoms with Crippen LogP contribution < -0.4 is 11.3 Å². The molecule has 0 atom stereocenters. The van der Waals surface area contributed by atoms with Crippen LogP contribution in [0.4, 0.5) is 0 Å². The van der Waals surface area contributed by atoms with Gasteiger partial charge in [0, 0.05) is 13.1 Å². The van der Waals surface area contributed by atoms with Crippen molar-refractivity contribution in [2.45, 2.75) is 0 Å². The van der Waals surface area contributed by atoms with Gasteiger partial charge in [-0.05, 0) is 0 Å². The molecule has 0 bridgehead atoms. The topological polar surface area (TPSA) is 343 Å². The molecule has 0 saturated heterocycles. The van der Waals surface area contributed by atoms with E-state index in [0.717, 1.165) is 9.80 Å². The first-order valence-corrected chi connectivity index (χ1v) is 9.89. The quantitative estimate of drug-likeness (QED) is 0.0500. The van der Waals surface area contributed by atoms with Crippen molar-refractivity contribution < 1.29 is 83.7 Å². The third kappa shape index (κ3) is 28.6. The number of carboxylic acid groups (broad SMARTS) is 8. The second kappa shape index (κ2) is 24.4. The molecule has 40 heavy (non-hydrogen) atoms.